The van der Waals surface area contributed by atoms with Gasteiger partial charge in [-0.05, 0) is 0 Å². The number of rotatable bonds is 0. The first-order valence-corrected chi connectivity index (χ1v) is 7.04. The highest BCUT2D eigenvalue weighted by molar-refractivity contribution is 7.45. The van der Waals surface area contributed by atoms with Crippen LogP contribution < -0.4 is 0 Å². The third-order valence-electron chi connectivity index (χ3n) is 0. The second-order valence-electron chi connectivity index (χ2n) is 1.54. The van der Waals surface area contributed by atoms with Crippen LogP contribution in [-0.4, -0.2) is 44.0 Å². The molecule has 1 unspecified atom stereocenters. The van der Waals surface area contributed by atoms with E-state index in [0.717, 1.165) is 0 Å². The highest BCUT2D eigenvalue weighted by Gasteiger charge is 2.01. The summed E-state index contributed by atoms with van der Waals surface area (Å²) in [6, 6.07) is 0. The predicted octanol–water partition coefficient (Wildman–Crippen LogP) is -2.73. The van der Waals surface area contributed by atoms with Crippen molar-refractivity contribution in [1.29, 1.82) is 0 Å². The molecule has 0 aromatic carbocycles. The van der Waals surface area contributed by atoms with Gasteiger partial charge in [0.05, 0.1) is 0 Å². The lowest BCUT2D eigenvalue weighted by Crippen LogP contribution is -1.66. The molecule has 0 saturated carbocycles. The van der Waals surface area contributed by atoms with Gasteiger partial charge >= 0.3 is 23.5 Å². The van der Waals surface area contributed by atoms with Gasteiger partial charge in [0.2, 0.25) is 0 Å². The number of hydrogen-bond acceptors (Lipinski definition) is 3. The molecule has 0 fully saturated rings. The molecule has 1 atom stereocenters. The summed E-state index contributed by atoms with van der Waals surface area (Å²) in [4.78, 5) is 64.7. The van der Waals surface area contributed by atoms with Crippen LogP contribution in [0.2, 0.25) is 0 Å². The topological polar surface area (TPSA) is 233 Å². The Bertz CT molecular complexity index is 199. The molecule has 9 N–H and O–H groups in total. The zero-order valence-electron chi connectivity index (χ0n) is 7.30. The maximum atomic E-state index is 8.88. The van der Waals surface area contributed by atoms with E-state index >= 15 is 0 Å². The first kappa shape index (κ1) is 25.6. The van der Waals surface area contributed by atoms with Crippen LogP contribution in [0, 0.1) is 0 Å². The van der Waals surface area contributed by atoms with Gasteiger partial charge in [0.15, 0.2) is 0 Å². The van der Waals surface area contributed by atoms with Gasteiger partial charge in [-0.15, -0.1) is 0 Å². The van der Waals surface area contributed by atoms with Crippen LogP contribution in [0.25, 0.3) is 0 Å². The Morgan fingerprint density at radius 1 is 0.438 bits per heavy atom. The summed E-state index contributed by atoms with van der Waals surface area (Å²) in [7, 11) is -13.9. The van der Waals surface area contributed by atoms with E-state index in [0.29, 0.717) is 0 Å². The van der Waals surface area contributed by atoms with E-state index in [1.165, 1.54) is 0 Å². The summed E-state index contributed by atoms with van der Waals surface area (Å²) in [6.07, 6.45) is 0. The highest BCUT2D eigenvalue weighted by atomic mass is 31.2. The van der Waals surface area contributed by atoms with Crippen molar-refractivity contribution < 1.29 is 57.7 Å². The Labute approximate surface area is 91.9 Å². The molecule has 104 valence electrons. The van der Waals surface area contributed by atoms with Gasteiger partial charge in [-0.3, -0.25) is 0 Å². The van der Waals surface area contributed by atoms with Crippen molar-refractivity contribution in [2.45, 2.75) is 0 Å². The van der Waals surface area contributed by atoms with E-state index in [1.807, 2.05) is 0 Å². The van der Waals surface area contributed by atoms with Crippen LogP contribution >= 0.6 is 33.4 Å². The molecule has 0 amide bonds. The summed E-state index contributed by atoms with van der Waals surface area (Å²) in [5.41, 5.74) is 0. The Balaban J connectivity index is -0.0000000655. The maximum absolute atomic E-state index is 8.88. The molecular weight excluding hydrogens is 316 g/mol. The molecule has 0 rings (SSSR count). The highest BCUT2D eigenvalue weighted by Crippen LogP contribution is 2.26. The fourth-order valence-corrected chi connectivity index (χ4v) is 0. The van der Waals surface area contributed by atoms with E-state index in [4.69, 9.17) is 57.7 Å². The Kier molecular flexibility index (Phi) is 15.6. The van der Waals surface area contributed by atoms with E-state index in [-0.39, 0.29) is 9.90 Å². The van der Waals surface area contributed by atoms with Crippen molar-refractivity contribution in [3.05, 3.63) is 0 Å². The summed E-state index contributed by atoms with van der Waals surface area (Å²) < 4.78 is 26.6. The van der Waals surface area contributed by atoms with Crippen LogP contribution in [0.4, 0.5) is 0 Å². The molecule has 0 aliphatic carbocycles. The van der Waals surface area contributed by atoms with Gasteiger partial charge in [0.1, 0.15) is 0 Å². The van der Waals surface area contributed by atoms with Crippen molar-refractivity contribution in [1.82, 2.24) is 0 Å². The second kappa shape index (κ2) is 9.76. The molecule has 0 aromatic heterocycles. The molecular formula is H12O12P4. The van der Waals surface area contributed by atoms with Crippen LogP contribution in [0.5, 0.6) is 0 Å². The Hall–Kier alpha value is 0.760. The molecule has 12 nitrogen and oxygen atoms in total. The largest absolute Gasteiger partial charge is 0.466 e. The molecule has 0 aliphatic heterocycles. The zero-order chi connectivity index (χ0) is 13.5. The molecule has 0 spiro atoms. The molecule has 0 radical (unpaired) electrons. The molecule has 0 heterocycles. The maximum Gasteiger partial charge on any atom is 0.466 e. The van der Waals surface area contributed by atoms with Gasteiger partial charge < -0.3 is 44.0 Å². The van der Waals surface area contributed by atoms with E-state index in [1.54, 1.807) is 0 Å². The van der Waals surface area contributed by atoms with Crippen LogP contribution in [0.15, 0.2) is 0 Å². The number of hydrogen-bond donors (Lipinski definition) is 9. The van der Waals surface area contributed by atoms with Crippen molar-refractivity contribution >= 4 is 33.4 Å². The van der Waals surface area contributed by atoms with Crippen LogP contribution in [-0.2, 0) is 13.7 Å². The Morgan fingerprint density at radius 3 is 0.438 bits per heavy atom. The quantitative estimate of drug-likeness (QED) is 0.206. The molecule has 0 saturated heterocycles. The average Bonchev–Trinajstić information content (AvgIpc) is 1.41. The third kappa shape index (κ3) is 4840. The van der Waals surface area contributed by atoms with Crippen molar-refractivity contribution in [2.24, 2.45) is 0 Å². The molecule has 0 aliphatic rings. The van der Waals surface area contributed by atoms with Gasteiger partial charge in [-0.1, -0.05) is 0 Å². The molecule has 0 bridgehead atoms. The summed E-state index contributed by atoms with van der Waals surface area (Å²) in [5, 5.41) is 0. The van der Waals surface area contributed by atoms with Crippen LogP contribution in [0.3, 0.4) is 0 Å². The second-order valence-corrected chi connectivity index (χ2v) is 4.62. The van der Waals surface area contributed by atoms with Gasteiger partial charge in [-0.25, -0.2) is 13.7 Å². The molecule has 0 aromatic rings. The normalized spacial score (nSPS) is 11.1. The summed E-state index contributed by atoms with van der Waals surface area (Å²) in [6.45, 7) is 0. The number of phosphoric acid groups is 3. The van der Waals surface area contributed by atoms with Crippen LogP contribution in [0.1, 0.15) is 0 Å². The fraction of sp³-hybridized carbons (Fsp3) is 0. The standard InChI is InChI=1S/3H3O4P.H3P/c3*1-5(2,3)4;/h3*(H3,1,2,3,4);1H3. The van der Waals surface area contributed by atoms with E-state index in [2.05, 4.69) is 0 Å². The molecule has 16 heteroatoms. The van der Waals surface area contributed by atoms with E-state index in [9.17, 15) is 0 Å². The van der Waals surface area contributed by atoms with Crippen molar-refractivity contribution in [3.8, 4) is 0 Å². The minimum absolute atomic E-state index is 0. The lowest BCUT2D eigenvalue weighted by Gasteiger charge is -1.82. The SMILES string of the molecule is O=P(O)(O)O.O=P(O)(O)O.O=P(O)(O)O.P. The van der Waals surface area contributed by atoms with Crippen molar-refractivity contribution in [3.63, 3.8) is 0 Å². The average molecular weight is 328 g/mol. The predicted molar refractivity (Wildman–Crippen MR) is 53.9 cm³/mol. The lowest BCUT2D eigenvalue weighted by atomic mass is 15.8. The minimum atomic E-state index is -4.64. The summed E-state index contributed by atoms with van der Waals surface area (Å²) >= 11 is 0. The Morgan fingerprint density at radius 2 is 0.438 bits per heavy atom. The lowest BCUT2D eigenvalue weighted by molar-refractivity contribution is 0.272. The first-order chi connectivity index (χ1) is 6.00. The molecule has 16 heavy (non-hydrogen) atoms. The van der Waals surface area contributed by atoms with E-state index < -0.39 is 23.5 Å². The minimum Gasteiger partial charge on any atom is -0.303 e. The third-order valence-corrected chi connectivity index (χ3v) is 0. The van der Waals surface area contributed by atoms with Gasteiger partial charge in [0.25, 0.3) is 0 Å². The fourth-order valence-electron chi connectivity index (χ4n) is 0. The van der Waals surface area contributed by atoms with Crippen molar-refractivity contribution in [2.75, 3.05) is 0 Å². The first-order valence-electron chi connectivity index (χ1n) is 2.35. The zero-order valence-corrected chi connectivity index (χ0v) is 11.4. The smallest absolute Gasteiger partial charge is 0.303 e. The summed E-state index contributed by atoms with van der Waals surface area (Å²) in [5.74, 6) is 0. The monoisotopic (exact) mass is 328 g/mol. The van der Waals surface area contributed by atoms with Gasteiger partial charge in [-0.2, -0.15) is 9.90 Å². The van der Waals surface area contributed by atoms with Gasteiger partial charge in [0, 0.05) is 0 Å².